The van der Waals surface area contributed by atoms with Gasteiger partial charge in [0.25, 0.3) is 0 Å². The Kier molecular flexibility index (Phi) is 31.4. The number of hydrogen-bond acceptors (Lipinski definition) is 9. The van der Waals surface area contributed by atoms with Crippen LogP contribution in [0.5, 0.6) is 0 Å². The number of aromatic nitrogens is 3. The van der Waals surface area contributed by atoms with Gasteiger partial charge in [-0.1, -0.05) is 172 Å². The first-order valence-electron chi connectivity index (χ1n) is 26.8. The number of aryl methyl sites for hydroxylation is 2. The molecule has 3 N–H and O–H groups in total. The molecule has 0 spiro atoms. The van der Waals surface area contributed by atoms with Gasteiger partial charge in [0.2, 0.25) is 0 Å². The smallest absolute Gasteiger partial charge is 0.330 e. The topological polar surface area (TPSA) is 156 Å². The second-order valence-electron chi connectivity index (χ2n) is 18.6. The van der Waals surface area contributed by atoms with Gasteiger partial charge in [0.1, 0.15) is 17.9 Å². The molecule has 1 unspecified atom stereocenters. The fourth-order valence-electron chi connectivity index (χ4n) is 8.46. The van der Waals surface area contributed by atoms with Gasteiger partial charge in [0.15, 0.2) is 11.9 Å². The Morgan fingerprint density at radius 1 is 0.657 bits per heavy atom. The van der Waals surface area contributed by atoms with Gasteiger partial charge in [-0.3, -0.25) is 14.2 Å². The summed E-state index contributed by atoms with van der Waals surface area (Å²) in [5, 5.41) is 0.859. The molecule has 2 atom stereocenters. The predicted molar refractivity (Wildman–Crippen MR) is 278 cm³/mol. The van der Waals surface area contributed by atoms with Crippen molar-refractivity contribution >= 4 is 47.3 Å². The van der Waals surface area contributed by atoms with E-state index in [-0.39, 0.29) is 44.7 Å². The maximum absolute atomic E-state index is 13.6. The minimum atomic E-state index is -4.21. The molecular formula is C55H91N4O7P. The van der Waals surface area contributed by atoms with Crippen molar-refractivity contribution in [1.82, 2.24) is 14.5 Å². The van der Waals surface area contributed by atoms with Crippen LogP contribution >= 0.6 is 7.60 Å². The number of carbonyl (C=O) groups is 2. The van der Waals surface area contributed by atoms with Crippen LogP contribution in [0.4, 0.5) is 5.82 Å². The van der Waals surface area contributed by atoms with Crippen LogP contribution in [0, 0.1) is 0 Å². The number of unbranched alkanes of at least 4 members (excludes halogenated alkanes) is 23. The number of nitrogen functional groups attached to an aromatic ring is 1. The minimum Gasteiger partial charge on any atom is -0.462 e. The number of para-hydroxylation sites is 1. The highest BCUT2D eigenvalue weighted by molar-refractivity contribution is 7.52. The molecule has 0 radical (unpaired) electrons. The molecule has 3 rings (SSSR count). The van der Waals surface area contributed by atoms with E-state index < -0.39 is 19.7 Å². The number of esters is 2. The van der Waals surface area contributed by atoms with Gasteiger partial charge in [0, 0.05) is 31.2 Å². The zero-order chi connectivity index (χ0) is 48.2. The van der Waals surface area contributed by atoms with Gasteiger partial charge in [0.05, 0.1) is 23.8 Å². The molecule has 12 heteroatoms. The number of carbonyl (C=O) groups excluding carboxylic acids is 2. The van der Waals surface area contributed by atoms with Crippen molar-refractivity contribution in [2.75, 3.05) is 25.1 Å². The average Bonchev–Trinajstić information content (AvgIpc) is 3.70. The van der Waals surface area contributed by atoms with Crippen molar-refractivity contribution in [2.24, 2.45) is 0 Å². The van der Waals surface area contributed by atoms with Crippen LogP contribution in [0.2, 0.25) is 0 Å². The fraction of sp³-hybridized carbons (Fsp3) is 0.709. The Balaban J connectivity index is 1.47. The van der Waals surface area contributed by atoms with E-state index >= 15 is 0 Å². The van der Waals surface area contributed by atoms with Crippen molar-refractivity contribution in [1.29, 1.82) is 0 Å². The molecule has 378 valence electrons. The van der Waals surface area contributed by atoms with E-state index in [1.165, 1.54) is 89.9 Å². The lowest BCUT2D eigenvalue weighted by Crippen LogP contribution is -2.29. The highest BCUT2D eigenvalue weighted by atomic mass is 31.2. The molecule has 3 aromatic rings. The van der Waals surface area contributed by atoms with Gasteiger partial charge in [-0.05, 0) is 76.7 Å². The standard InChI is InChI=1S/C55H91N4O7P/c1-4-7-10-12-14-16-18-20-22-24-26-28-30-32-34-41-51(60)64-45-47(66-52(61)42-35-33-31-29-27-25-23-21-19-17-15-13-11-8-5-2)46-65-67(62,63)44-43-59-50(40-9-6-3)58-53-54(59)48-38-36-37-39-49(48)57-55(53)56/h20-23,36-39,47H,4-19,24-35,40-46H2,1-3H3,(H2,56,57)(H,62,63)/b22-20-,23-21-/t47-/m1/s1. The maximum Gasteiger partial charge on any atom is 0.330 e. The quantitative estimate of drug-likeness (QED) is 0.0242. The zero-order valence-corrected chi connectivity index (χ0v) is 43.1. The van der Waals surface area contributed by atoms with Crippen molar-refractivity contribution in [3.63, 3.8) is 0 Å². The van der Waals surface area contributed by atoms with Crippen molar-refractivity contribution in [2.45, 2.75) is 232 Å². The molecule has 67 heavy (non-hydrogen) atoms. The predicted octanol–water partition coefficient (Wildman–Crippen LogP) is 15.2. The summed E-state index contributed by atoms with van der Waals surface area (Å²) < 4.78 is 32.6. The van der Waals surface area contributed by atoms with Crippen LogP contribution in [-0.2, 0) is 41.1 Å². The highest BCUT2D eigenvalue weighted by Gasteiger charge is 2.27. The summed E-state index contributed by atoms with van der Waals surface area (Å²) in [5.41, 5.74) is 8.43. The SMILES string of the molecule is CCCCCCCC/C=C\CCCCCCCC(=O)OC[C@H](COP(=O)(O)CCn1c(CCCC)nc2c(N)nc3ccccc3c21)OC(=O)CCCCCCC/C=C\CCCCCCCC. The lowest BCUT2D eigenvalue weighted by Gasteiger charge is -2.20. The molecule has 2 aromatic heterocycles. The molecule has 0 saturated carbocycles. The Morgan fingerprint density at radius 3 is 1.70 bits per heavy atom. The van der Waals surface area contributed by atoms with Crippen molar-refractivity contribution < 1.29 is 33.0 Å². The summed E-state index contributed by atoms with van der Waals surface area (Å²) in [6.07, 6.45) is 41.3. The molecule has 0 aliphatic carbocycles. The maximum atomic E-state index is 13.6. The number of imidazole rings is 1. The highest BCUT2D eigenvalue weighted by Crippen LogP contribution is 2.43. The van der Waals surface area contributed by atoms with E-state index in [1.54, 1.807) is 0 Å². The van der Waals surface area contributed by atoms with Crippen LogP contribution in [0.25, 0.3) is 21.9 Å². The largest absolute Gasteiger partial charge is 0.462 e. The zero-order valence-electron chi connectivity index (χ0n) is 42.2. The number of fused-ring (bicyclic) bond motifs is 3. The Morgan fingerprint density at radius 2 is 1.15 bits per heavy atom. The van der Waals surface area contributed by atoms with E-state index in [1.807, 2.05) is 28.8 Å². The van der Waals surface area contributed by atoms with Gasteiger partial charge in [-0.15, -0.1) is 0 Å². The number of ether oxygens (including phenoxy) is 2. The van der Waals surface area contributed by atoms with E-state index in [4.69, 9.17) is 24.7 Å². The number of rotatable bonds is 42. The molecule has 0 bridgehead atoms. The van der Waals surface area contributed by atoms with Gasteiger partial charge in [-0.2, -0.15) is 0 Å². The average molecular weight is 951 g/mol. The van der Waals surface area contributed by atoms with Crippen molar-refractivity contribution in [3.05, 3.63) is 54.4 Å². The van der Waals surface area contributed by atoms with Crippen LogP contribution in [0.1, 0.15) is 219 Å². The number of pyridine rings is 1. The summed E-state index contributed by atoms with van der Waals surface area (Å²) in [7, 11) is -4.21. The summed E-state index contributed by atoms with van der Waals surface area (Å²) in [5.74, 6) is 0.265. The third kappa shape index (κ3) is 25.6. The van der Waals surface area contributed by atoms with Crippen LogP contribution in [-0.4, -0.2) is 56.8 Å². The summed E-state index contributed by atoms with van der Waals surface area (Å²) in [6, 6.07) is 7.66. The molecule has 11 nitrogen and oxygen atoms in total. The molecule has 0 amide bonds. The Hall–Kier alpha value is -3.53. The van der Waals surface area contributed by atoms with Crippen LogP contribution in [0.15, 0.2) is 48.6 Å². The molecule has 0 aliphatic rings. The minimum absolute atomic E-state index is 0.154. The first-order chi connectivity index (χ1) is 32.7. The third-order valence-electron chi connectivity index (χ3n) is 12.5. The van der Waals surface area contributed by atoms with Crippen LogP contribution in [0.3, 0.4) is 0 Å². The number of nitrogens with two attached hydrogens (primary N) is 1. The lowest BCUT2D eigenvalue weighted by molar-refractivity contribution is -0.161. The summed E-state index contributed by atoms with van der Waals surface area (Å²) in [4.78, 5) is 46.4. The molecule has 0 saturated heterocycles. The number of hydrogen-bond donors (Lipinski definition) is 2. The van der Waals surface area contributed by atoms with Crippen molar-refractivity contribution in [3.8, 4) is 0 Å². The van der Waals surface area contributed by atoms with E-state index in [2.05, 4.69) is 50.1 Å². The molecule has 2 heterocycles. The van der Waals surface area contributed by atoms with E-state index in [9.17, 15) is 19.0 Å². The Labute approximate surface area is 405 Å². The molecule has 0 fully saturated rings. The van der Waals surface area contributed by atoms with E-state index in [0.717, 1.165) is 106 Å². The van der Waals surface area contributed by atoms with E-state index in [0.29, 0.717) is 24.2 Å². The Bertz CT molecular complexity index is 1890. The number of nitrogens with zero attached hydrogens (tertiary/aromatic N) is 3. The third-order valence-corrected chi connectivity index (χ3v) is 13.8. The number of benzene rings is 1. The summed E-state index contributed by atoms with van der Waals surface area (Å²) >= 11 is 0. The fourth-order valence-corrected chi connectivity index (χ4v) is 9.44. The summed E-state index contributed by atoms with van der Waals surface area (Å²) in [6.45, 7) is 6.14. The first-order valence-corrected chi connectivity index (χ1v) is 28.6. The normalized spacial score (nSPS) is 13.3. The van der Waals surface area contributed by atoms with Crippen LogP contribution < -0.4 is 5.73 Å². The van der Waals surface area contributed by atoms with Gasteiger partial charge >= 0.3 is 19.5 Å². The molecule has 0 aliphatic heterocycles. The molecular weight excluding hydrogens is 860 g/mol. The number of anilines is 1. The monoisotopic (exact) mass is 951 g/mol. The van der Waals surface area contributed by atoms with Gasteiger partial charge < -0.3 is 29.2 Å². The van der Waals surface area contributed by atoms with Gasteiger partial charge in [-0.25, -0.2) is 9.97 Å². The second kappa shape index (κ2) is 36.5. The molecule has 1 aromatic carbocycles. The number of allylic oxidation sites excluding steroid dienone is 4. The second-order valence-corrected chi connectivity index (χ2v) is 20.6. The first kappa shape index (κ1) is 57.8. The lowest BCUT2D eigenvalue weighted by atomic mass is 10.1.